The summed E-state index contributed by atoms with van der Waals surface area (Å²) in [4.78, 5) is 0. The van der Waals surface area contributed by atoms with Crippen molar-refractivity contribution in [1.82, 2.24) is 0 Å². The Morgan fingerprint density at radius 3 is 2.50 bits per heavy atom. The Bertz CT molecular complexity index is 181. The van der Waals surface area contributed by atoms with E-state index in [1.165, 1.54) is 0 Å². The summed E-state index contributed by atoms with van der Waals surface area (Å²) < 4.78 is 5.14. The van der Waals surface area contributed by atoms with E-state index in [0.717, 1.165) is 0 Å². The topological polar surface area (TPSA) is 69.9 Å². The van der Waals surface area contributed by atoms with Crippen molar-refractivity contribution in [2.24, 2.45) is 11.8 Å². The molecule has 4 heteroatoms. The maximum atomic E-state index is 9.68. The molecule has 1 saturated carbocycles. The lowest BCUT2D eigenvalue weighted by Gasteiger charge is -2.29. The first-order chi connectivity index (χ1) is 5.60. The van der Waals surface area contributed by atoms with Crippen molar-refractivity contribution in [2.45, 2.75) is 31.3 Å². The fourth-order valence-corrected chi connectivity index (χ4v) is 2.53. The van der Waals surface area contributed by atoms with Gasteiger partial charge in [-0.15, -0.1) is 0 Å². The molecule has 2 aliphatic rings. The van der Waals surface area contributed by atoms with E-state index in [4.69, 9.17) is 9.84 Å². The third-order valence-electron chi connectivity index (χ3n) is 3.18. The molecule has 0 amide bonds. The van der Waals surface area contributed by atoms with E-state index < -0.39 is 18.0 Å². The van der Waals surface area contributed by atoms with Crippen molar-refractivity contribution >= 4 is 0 Å². The van der Waals surface area contributed by atoms with Crippen LogP contribution in [-0.2, 0) is 4.74 Å². The minimum atomic E-state index is -0.907. The molecule has 70 valence electrons. The number of rotatable bonds is 1. The molecule has 4 nitrogen and oxygen atoms in total. The Morgan fingerprint density at radius 1 is 1.50 bits per heavy atom. The third-order valence-corrected chi connectivity index (χ3v) is 3.18. The van der Waals surface area contributed by atoms with E-state index in [1.807, 2.05) is 6.92 Å². The molecule has 2 fully saturated rings. The first kappa shape index (κ1) is 8.44. The van der Waals surface area contributed by atoms with Gasteiger partial charge in [0.1, 0.15) is 5.60 Å². The van der Waals surface area contributed by atoms with Crippen LogP contribution in [0.5, 0.6) is 0 Å². The number of hydrogen-bond acceptors (Lipinski definition) is 4. The number of aliphatic hydroxyl groups excluding tert-OH is 3. The van der Waals surface area contributed by atoms with Gasteiger partial charge in [-0.3, -0.25) is 0 Å². The number of aliphatic hydroxyl groups is 3. The summed E-state index contributed by atoms with van der Waals surface area (Å²) in [6.45, 7) is 1.74. The van der Waals surface area contributed by atoms with Gasteiger partial charge >= 0.3 is 0 Å². The normalized spacial score (nSPS) is 58.0. The number of fused-ring (bicyclic) bond motifs is 2. The molecule has 0 aromatic heterocycles. The van der Waals surface area contributed by atoms with Crippen LogP contribution in [0, 0.1) is 11.8 Å². The highest BCUT2D eigenvalue weighted by atomic mass is 16.6. The summed E-state index contributed by atoms with van der Waals surface area (Å²) in [5, 5.41) is 28.1. The maximum absolute atomic E-state index is 9.68. The van der Waals surface area contributed by atoms with Gasteiger partial charge < -0.3 is 20.1 Å². The highest BCUT2D eigenvalue weighted by Crippen LogP contribution is 2.50. The molecule has 0 aromatic carbocycles. The molecule has 12 heavy (non-hydrogen) atoms. The molecule has 3 N–H and O–H groups in total. The molecule has 1 aliphatic heterocycles. The van der Waals surface area contributed by atoms with Crippen molar-refractivity contribution < 1.29 is 20.1 Å². The molecule has 2 rings (SSSR count). The summed E-state index contributed by atoms with van der Waals surface area (Å²) in [5.41, 5.74) is -0.885. The van der Waals surface area contributed by atoms with E-state index in [0.29, 0.717) is 6.42 Å². The predicted molar refractivity (Wildman–Crippen MR) is 40.2 cm³/mol. The minimum absolute atomic E-state index is 0.216. The zero-order chi connectivity index (χ0) is 8.93. The fraction of sp³-hybridized carbons (Fsp3) is 1.00. The van der Waals surface area contributed by atoms with Crippen LogP contribution in [0.25, 0.3) is 0 Å². The number of hydrogen-bond donors (Lipinski definition) is 3. The van der Waals surface area contributed by atoms with Crippen LogP contribution in [0.2, 0.25) is 0 Å². The van der Waals surface area contributed by atoms with E-state index in [-0.39, 0.29) is 18.4 Å². The van der Waals surface area contributed by atoms with E-state index >= 15 is 0 Å². The summed E-state index contributed by atoms with van der Waals surface area (Å²) in [7, 11) is 0. The van der Waals surface area contributed by atoms with Crippen LogP contribution in [0.4, 0.5) is 0 Å². The Balaban J connectivity index is 2.28. The Kier molecular flexibility index (Phi) is 1.70. The average molecular weight is 174 g/mol. The second-order valence-corrected chi connectivity index (χ2v) is 3.93. The minimum Gasteiger partial charge on any atom is -0.393 e. The largest absolute Gasteiger partial charge is 0.393 e. The summed E-state index contributed by atoms with van der Waals surface area (Å²) in [5.74, 6) is -0.00644. The van der Waals surface area contributed by atoms with Crippen molar-refractivity contribution in [3.8, 4) is 0 Å². The summed E-state index contributed by atoms with van der Waals surface area (Å²) in [6, 6.07) is 0. The highest BCUT2D eigenvalue weighted by Gasteiger charge is 2.62. The summed E-state index contributed by atoms with van der Waals surface area (Å²) in [6.07, 6.45) is -0.991. The van der Waals surface area contributed by atoms with Crippen LogP contribution in [0.1, 0.15) is 13.3 Å². The van der Waals surface area contributed by atoms with Gasteiger partial charge in [0.05, 0.1) is 12.7 Å². The molecular weight excluding hydrogens is 160 g/mol. The first-order valence-electron chi connectivity index (χ1n) is 4.25. The van der Waals surface area contributed by atoms with E-state index in [9.17, 15) is 10.2 Å². The average Bonchev–Trinajstić information content (AvgIpc) is 2.37. The van der Waals surface area contributed by atoms with Crippen molar-refractivity contribution in [3.63, 3.8) is 0 Å². The molecular formula is C8H14O4. The third kappa shape index (κ3) is 0.808. The molecule has 0 aromatic rings. The predicted octanol–water partition coefficient (Wildman–Crippen LogP) is -0.917. The zero-order valence-corrected chi connectivity index (χ0v) is 6.97. The summed E-state index contributed by atoms with van der Waals surface area (Å²) >= 11 is 0. The molecule has 1 heterocycles. The van der Waals surface area contributed by atoms with Crippen molar-refractivity contribution in [1.29, 1.82) is 0 Å². The van der Waals surface area contributed by atoms with E-state index in [2.05, 4.69) is 0 Å². The monoisotopic (exact) mass is 174 g/mol. The SMILES string of the molecule is CC1C[C@]2(CO)O[C@@H](O)C1C2O. The van der Waals surface area contributed by atoms with Crippen LogP contribution in [0.3, 0.4) is 0 Å². The molecule has 2 bridgehead atoms. The van der Waals surface area contributed by atoms with E-state index in [1.54, 1.807) is 0 Å². The van der Waals surface area contributed by atoms with Crippen molar-refractivity contribution in [3.05, 3.63) is 0 Å². The maximum Gasteiger partial charge on any atom is 0.161 e. The molecule has 3 unspecified atom stereocenters. The zero-order valence-electron chi connectivity index (χ0n) is 6.97. The second-order valence-electron chi connectivity index (χ2n) is 3.93. The second kappa shape index (κ2) is 2.42. The highest BCUT2D eigenvalue weighted by molar-refractivity contribution is 5.07. The van der Waals surface area contributed by atoms with Crippen molar-refractivity contribution in [2.75, 3.05) is 6.61 Å². The van der Waals surface area contributed by atoms with Gasteiger partial charge in [0.15, 0.2) is 6.29 Å². The molecule has 0 radical (unpaired) electrons. The lowest BCUT2D eigenvalue weighted by molar-refractivity contribution is -0.196. The Morgan fingerprint density at radius 2 is 2.17 bits per heavy atom. The molecule has 0 spiro atoms. The Labute approximate surface area is 70.8 Å². The lowest BCUT2D eigenvalue weighted by atomic mass is 9.96. The lowest BCUT2D eigenvalue weighted by Crippen LogP contribution is -2.41. The van der Waals surface area contributed by atoms with Gasteiger partial charge in [-0.05, 0) is 12.3 Å². The first-order valence-corrected chi connectivity index (χ1v) is 4.25. The molecule has 5 atom stereocenters. The molecule has 1 aliphatic carbocycles. The number of ether oxygens (including phenoxy) is 1. The smallest absolute Gasteiger partial charge is 0.161 e. The van der Waals surface area contributed by atoms with Gasteiger partial charge in [-0.25, -0.2) is 0 Å². The van der Waals surface area contributed by atoms with Gasteiger partial charge in [-0.1, -0.05) is 6.92 Å². The van der Waals surface area contributed by atoms with Crippen LogP contribution in [-0.4, -0.2) is 39.9 Å². The van der Waals surface area contributed by atoms with Crippen LogP contribution in [0.15, 0.2) is 0 Å². The quantitative estimate of drug-likeness (QED) is 0.481. The van der Waals surface area contributed by atoms with Gasteiger partial charge in [0.25, 0.3) is 0 Å². The van der Waals surface area contributed by atoms with Gasteiger partial charge in [0.2, 0.25) is 0 Å². The van der Waals surface area contributed by atoms with Crippen LogP contribution < -0.4 is 0 Å². The van der Waals surface area contributed by atoms with Gasteiger partial charge in [-0.2, -0.15) is 0 Å². The van der Waals surface area contributed by atoms with Crippen LogP contribution >= 0.6 is 0 Å². The Hall–Kier alpha value is -0.160. The van der Waals surface area contributed by atoms with Gasteiger partial charge in [0, 0.05) is 5.92 Å². The molecule has 1 saturated heterocycles. The standard InChI is InChI=1S/C8H14O4/c1-4-2-8(3-9)6(10)5(4)7(11)12-8/h4-7,9-11H,2-3H2,1H3/t4?,5?,6?,7-,8-/m1/s1. The fourth-order valence-electron chi connectivity index (χ4n) is 2.53.